The first kappa shape index (κ1) is 16.7. The van der Waals surface area contributed by atoms with Crippen molar-refractivity contribution in [3.8, 4) is 0 Å². The van der Waals surface area contributed by atoms with Crippen molar-refractivity contribution in [3.05, 3.63) is 12.3 Å². The summed E-state index contributed by atoms with van der Waals surface area (Å²) in [5.41, 5.74) is 0. The van der Waals surface area contributed by atoms with Gasteiger partial charge in [0.1, 0.15) is 0 Å². The molecule has 0 fully saturated rings. The second kappa shape index (κ2) is 13.8. The average molecular weight is 262 g/mol. The maximum Gasteiger partial charge on any atom is 0.366 e. The molecule has 0 aliphatic rings. The van der Waals surface area contributed by atoms with E-state index in [0.717, 1.165) is 6.42 Å². The van der Waals surface area contributed by atoms with Gasteiger partial charge in [-0.05, 0) is 18.9 Å². The van der Waals surface area contributed by atoms with Gasteiger partial charge in [-0.25, -0.2) is 4.57 Å². The molecule has 17 heavy (non-hydrogen) atoms. The minimum absolute atomic E-state index is 0.994. The second-order valence-corrected chi connectivity index (χ2v) is 5.35. The van der Waals surface area contributed by atoms with Crippen molar-refractivity contribution < 1.29 is 13.6 Å². The molecule has 0 bridgehead atoms. The van der Waals surface area contributed by atoms with Gasteiger partial charge in [0.2, 0.25) is 0 Å². The third-order valence-corrected chi connectivity index (χ3v) is 3.31. The van der Waals surface area contributed by atoms with Gasteiger partial charge < -0.3 is 9.05 Å². The lowest BCUT2D eigenvalue weighted by molar-refractivity contribution is 0.326. The van der Waals surface area contributed by atoms with Crippen molar-refractivity contribution >= 4 is 8.25 Å². The van der Waals surface area contributed by atoms with Crippen molar-refractivity contribution in [2.45, 2.75) is 64.7 Å². The normalized spacial score (nSPS) is 13.1. The maximum atomic E-state index is 10.8. The lowest BCUT2D eigenvalue weighted by Crippen LogP contribution is -1.80. The molecule has 0 heterocycles. The molecule has 4 heteroatoms. The van der Waals surface area contributed by atoms with Crippen LogP contribution in [0, 0.1) is 0 Å². The molecule has 0 saturated carbocycles. The maximum absolute atomic E-state index is 10.8. The quantitative estimate of drug-likeness (QED) is 0.279. The SMILES string of the molecule is CCCCCCCCCCC=CO[PH](=O)OC. The Bertz CT molecular complexity index is 205. The highest BCUT2D eigenvalue weighted by molar-refractivity contribution is 7.33. The smallest absolute Gasteiger partial charge is 0.366 e. The summed E-state index contributed by atoms with van der Waals surface area (Å²) in [5.74, 6) is 0. The Labute approximate surface area is 107 Å². The van der Waals surface area contributed by atoms with Gasteiger partial charge in [-0.15, -0.1) is 0 Å². The molecule has 0 aliphatic heterocycles. The zero-order chi connectivity index (χ0) is 12.8. The first-order chi connectivity index (χ1) is 8.31. The van der Waals surface area contributed by atoms with Crippen molar-refractivity contribution in [2.75, 3.05) is 7.11 Å². The molecule has 0 spiro atoms. The molecule has 1 unspecified atom stereocenters. The molecular weight excluding hydrogens is 235 g/mol. The van der Waals surface area contributed by atoms with Crippen LogP contribution in [0.1, 0.15) is 64.7 Å². The first-order valence-corrected chi connectivity index (χ1v) is 7.93. The lowest BCUT2D eigenvalue weighted by atomic mass is 10.1. The van der Waals surface area contributed by atoms with Gasteiger partial charge >= 0.3 is 8.25 Å². The van der Waals surface area contributed by atoms with Gasteiger partial charge in [0.15, 0.2) is 0 Å². The Balaban J connectivity index is 3.10. The summed E-state index contributed by atoms with van der Waals surface area (Å²) in [6.45, 7) is 2.24. The van der Waals surface area contributed by atoms with Crippen LogP contribution in [0.4, 0.5) is 0 Å². The third-order valence-electron chi connectivity index (χ3n) is 2.65. The fourth-order valence-corrected chi connectivity index (χ4v) is 1.92. The van der Waals surface area contributed by atoms with Crippen LogP contribution < -0.4 is 0 Å². The van der Waals surface area contributed by atoms with Crippen molar-refractivity contribution in [2.24, 2.45) is 0 Å². The Morgan fingerprint density at radius 2 is 1.59 bits per heavy atom. The fourth-order valence-electron chi connectivity index (χ4n) is 1.62. The standard InChI is InChI=1S/C13H27O3P/c1-3-4-5-6-7-8-9-10-11-12-13-16-17(14)15-2/h12-13,17H,3-11H2,1-2H3. The fraction of sp³-hybridized carbons (Fsp3) is 0.846. The minimum atomic E-state index is -2.28. The predicted octanol–water partition coefficient (Wildman–Crippen LogP) is 5.08. The second-order valence-electron chi connectivity index (χ2n) is 4.21. The molecule has 0 aromatic heterocycles. The summed E-state index contributed by atoms with van der Waals surface area (Å²) in [5, 5.41) is 0. The Hall–Kier alpha value is -0.270. The molecule has 0 aliphatic carbocycles. The molecular formula is C13H27O3P. The molecule has 0 aromatic rings. The Morgan fingerprint density at radius 1 is 1.00 bits per heavy atom. The zero-order valence-electron chi connectivity index (χ0n) is 11.2. The molecule has 0 rings (SSSR count). The van der Waals surface area contributed by atoms with Gasteiger partial charge in [0.05, 0.1) is 6.26 Å². The number of unbranched alkanes of at least 4 members (excludes halogenated alkanes) is 8. The average Bonchev–Trinajstić information content (AvgIpc) is 2.35. The summed E-state index contributed by atoms with van der Waals surface area (Å²) in [6.07, 6.45) is 15.0. The summed E-state index contributed by atoms with van der Waals surface area (Å²) in [7, 11) is -0.893. The molecule has 0 aromatic carbocycles. The molecule has 1 atom stereocenters. The van der Waals surface area contributed by atoms with Crippen LogP contribution in [0.25, 0.3) is 0 Å². The van der Waals surface area contributed by atoms with Gasteiger partial charge in [-0.3, -0.25) is 0 Å². The number of hydrogen-bond acceptors (Lipinski definition) is 3. The van der Waals surface area contributed by atoms with Crippen LogP contribution >= 0.6 is 8.25 Å². The highest BCUT2D eigenvalue weighted by Crippen LogP contribution is 2.21. The van der Waals surface area contributed by atoms with E-state index in [4.69, 9.17) is 4.52 Å². The molecule has 102 valence electrons. The predicted molar refractivity (Wildman–Crippen MR) is 73.5 cm³/mol. The van der Waals surface area contributed by atoms with E-state index in [1.165, 1.54) is 64.7 Å². The third kappa shape index (κ3) is 13.7. The van der Waals surface area contributed by atoms with E-state index >= 15 is 0 Å². The van der Waals surface area contributed by atoms with Crippen molar-refractivity contribution in [1.29, 1.82) is 0 Å². The van der Waals surface area contributed by atoms with Gasteiger partial charge in [0.25, 0.3) is 0 Å². The summed E-state index contributed by atoms with van der Waals surface area (Å²) < 4.78 is 20.1. The van der Waals surface area contributed by atoms with E-state index in [-0.39, 0.29) is 0 Å². The Kier molecular flexibility index (Phi) is 13.6. The Morgan fingerprint density at radius 3 is 2.18 bits per heavy atom. The molecule has 0 amide bonds. The van der Waals surface area contributed by atoms with Crippen LogP contribution in [-0.4, -0.2) is 7.11 Å². The largest absolute Gasteiger partial charge is 0.435 e. The van der Waals surface area contributed by atoms with Gasteiger partial charge in [-0.1, -0.05) is 51.9 Å². The van der Waals surface area contributed by atoms with E-state index < -0.39 is 8.25 Å². The topological polar surface area (TPSA) is 35.5 Å². The van der Waals surface area contributed by atoms with Gasteiger partial charge in [-0.2, -0.15) is 0 Å². The van der Waals surface area contributed by atoms with Crippen LogP contribution in [0.5, 0.6) is 0 Å². The monoisotopic (exact) mass is 262 g/mol. The zero-order valence-corrected chi connectivity index (χ0v) is 12.2. The molecule has 0 radical (unpaired) electrons. The molecule has 0 N–H and O–H groups in total. The van der Waals surface area contributed by atoms with Crippen LogP contribution in [0.2, 0.25) is 0 Å². The first-order valence-electron chi connectivity index (χ1n) is 6.71. The number of rotatable bonds is 12. The highest BCUT2D eigenvalue weighted by atomic mass is 31.1. The summed E-state index contributed by atoms with van der Waals surface area (Å²) in [4.78, 5) is 0. The van der Waals surface area contributed by atoms with Crippen molar-refractivity contribution in [3.63, 3.8) is 0 Å². The number of hydrogen-bond donors (Lipinski definition) is 0. The van der Waals surface area contributed by atoms with E-state index in [0.29, 0.717) is 0 Å². The molecule has 0 saturated heterocycles. The van der Waals surface area contributed by atoms with Crippen LogP contribution in [-0.2, 0) is 13.6 Å². The van der Waals surface area contributed by atoms with Crippen LogP contribution in [0.3, 0.4) is 0 Å². The lowest BCUT2D eigenvalue weighted by Gasteiger charge is -2.00. The minimum Gasteiger partial charge on any atom is -0.435 e. The highest BCUT2D eigenvalue weighted by Gasteiger charge is 1.91. The van der Waals surface area contributed by atoms with E-state index in [1.807, 2.05) is 6.08 Å². The summed E-state index contributed by atoms with van der Waals surface area (Å²) >= 11 is 0. The van der Waals surface area contributed by atoms with E-state index in [9.17, 15) is 4.57 Å². The molecule has 3 nitrogen and oxygen atoms in total. The van der Waals surface area contributed by atoms with Gasteiger partial charge in [0, 0.05) is 7.11 Å². The van der Waals surface area contributed by atoms with Crippen LogP contribution in [0.15, 0.2) is 12.3 Å². The van der Waals surface area contributed by atoms with E-state index in [2.05, 4.69) is 11.4 Å². The number of allylic oxidation sites excluding steroid dienone is 1. The van der Waals surface area contributed by atoms with Crippen molar-refractivity contribution in [1.82, 2.24) is 0 Å². The summed E-state index contributed by atoms with van der Waals surface area (Å²) in [6, 6.07) is 0. The van der Waals surface area contributed by atoms with E-state index in [1.54, 1.807) is 0 Å².